The summed E-state index contributed by atoms with van der Waals surface area (Å²) in [7, 11) is 0. The van der Waals surface area contributed by atoms with E-state index in [1.165, 1.54) is 6.42 Å². The van der Waals surface area contributed by atoms with Crippen LogP contribution in [-0.2, 0) is 4.74 Å². The molecule has 1 aromatic heterocycles. The average Bonchev–Trinajstić information content (AvgIpc) is 2.52. The predicted octanol–water partition coefficient (Wildman–Crippen LogP) is 3.01. The first-order valence-corrected chi connectivity index (χ1v) is 7.79. The normalized spacial score (nSPS) is 25.7. The van der Waals surface area contributed by atoms with Gasteiger partial charge in [0.2, 0.25) is 0 Å². The first kappa shape index (κ1) is 13.2. The van der Waals surface area contributed by atoms with Gasteiger partial charge in [-0.3, -0.25) is 9.97 Å². The maximum Gasteiger partial charge on any atom is 0.0890 e. The molecule has 1 aromatic carbocycles. The van der Waals surface area contributed by atoms with Crippen LogP contribution in [0.1, 0.15) is 43.8 Å². The molecule has 0 amide bonds. The highest BCUT2D eigenvalue weighted by atomic mass is 16.5. The van der Waals surface area contributed by atoms with E-state index in [0.29, 0.717) is 0 Å². The summed E-state index contributed by atoms with van der Waals surface area (Å²) in [6.45, 7) is 0.773. The Bertz CT molecular complexity index is 654. The van der Waals surface area contributed by atoms with Crippen molar-refractivity contribution in [1.29, 1.82) is 0 Å². The van der Waals surface area contributed by atoms with E-state index in [4.69, 9.17) is 4.74 Å². The van der Waals surface area contributed by atoms with Crippen LogP contribution in [-0.4, -0.2) is 27.3 Å². The molecule has 0 bridgehead atoms. The molecule has 0 radical (unpaired) electrons. The number of aromatic nitrogens is 2. The van der Waals surface area contributed by atoms with Crippen molar-refractivity contribution in [2.24, 2.45) is 5.92 Å². The van der Waals surface area contributed by atoms with Gasteiger partial charge in [0, 0.05) is 19.0 Å². The van der Waals surface area contributed by atoms with Gasteiger partial charge in [-0.25, -0.2) is 0 Å². The molecule has 1 aliphatic heterocycles. The summed E-state index contributed by atoms with van der Waals surface area (Å²) in [6.07, 6.45) is 8.42. The van der Waals surface area contributed by atoms with Crippen LogP contribution in [0.4, 0.5) is 0 Å². The van der Waals surface area contributed by atoms with Crippen LogP contribution in [0.5, 0.6) is 0 Å². The molecule has 1 aliphatic carbocycles. The molecule has 4 heteroatoms. The molecule has 4 rings (SSSR count). The molecule has 2 fully saturated rings. The summed E-state index contributed by atoms with van der Waals surface area (Å²) >= 11 is 0. The van der Waals surface area contributed by atoms with Crippen molar-refractivity contribution < 1.29 is 9.84 Å². The minimum Gasteiger partial charge on any atom is -0.388 e. The molecule has 2 heterocycles. The Morgan fingerprint density at radius 2 is 2.00 bits per heavy atom. The highest BCUT2D eigenvalue weighted by molar-refractivity contribution is 5.74. The number of nitrogens with zero attached hydrogens (tertiary/aromatic N) is 2. The third-order valence-electron chi connectivity index (χ3n) is 5.08. The molecule has 4 nitrogen and oxygen atoms in total. The van der Waals surface area contributed by atoms with Crippen LogP contribution in [0.15, 0.2) is 30.6 Å². The second-order valence-electron chi connectivity index (χ2n) is 6.39. The fourth-order valence-corrected chi connectivity index (χ4v) is 3.69. The number of aliphatic hydroxyl groups excluding tert-OH is 1. The summed E-state index contributed by atoms with van der Waals surface area (Å²) < 4.78 is 5.95. The molecular weight excluding hydrogens is 264 g/mol. The van der Waals surface area contributed by atoms with E-state index >= 15 is 0 Å². The minimum atomic E-state index is -0.433. The lowest BCUT2D eigenvalue weighted by molar-refractivity contribution is -0.157. The monoisotopic (exact) mass is 284 g/mol. The molecule has 110 valence electrons. The summed E-state index contributed by atoms with van der Waals surface area (Å²) in [5.74, 6) is 0.285. The lowest BCUT2D eigenvalue weighted by Gasteiger charge is -2.48. The Kier molecular flexibility index (Phi) is 3.16. The molecule has 1 saturated heterocycles. The highest BCUT2D eigenvalue weighted by Crippen LogP contribution is 2.47. The quantitative estimate of drug-likeness (QED) is 0.921. The van der Waals surface area contributed by atoms with Crippen LogP contribution < -0.4 is 0 Å². The number of ether oxygens (including phenoxy) is 1. The summed E-state index contributed by atoms with van der Waals surface area (Å²) in [5, 5.41) is 10.8. The fourth-order valence-electron chi connectivity index (χ4n) is 3.69. The van der Waals surface area contributed by atoms with E-state index in [-0.39, 0.29) is 11.5 Å². The summed E-state index contributed by atoms with van der Waals surface area (Å²) in [4.78, 5) is 8.60. The van der Waals surface area contributed by atoms with E-state index in [2.05, 4.69) is 9.97 Å². The zero-order chi connectivity index (χ0) is 14.3. The predicted molar refractivity (Wildman–Crippen MR) is 79.8 cm³/mol. The van der Waals surface area contributed by atoms with Crippen molar-refractivity contribution in [3.63, 3.8) is 0 Å². The Morgan fingerprint density at radius 1 is 1.19 bits per heavy atom. The van der Waals surface area contributed by atoms with Crippen molar-refractivity contribution in [3.8, 4) is 0 Å². The van der Waals surface area contributed by atoms with Crippen molar-refractivity contribution in [2.45, 2.75) is 43.8 Å². The zero-order valence-corrected chi connectivity index (χ0v) is 12.0. The van der Waals surface area contributed by atoms with E-state index < -0.39 is 6.10 Å². The lowest BCUT2D eigenvalue weighted by atomic mass is 9.70. The van der Waals surface area contributed by atoms with Crippen molar-refractivity contribution in [1.82, 2.24) is 9.97 Å². The van der Waals surface area contributed by atoms with Gasteiger partial charge in [-0.2, -0.15) is 0 Å². The minimum absolute atomic E-state index is 0.0700. The molecular formula is C17H20N2O2. The van der Waals surface area contributed by atoms with E-state index in [1.807, 2.05) is 18.2 Å². The second-order valence-corrected chi connectivity index (χ2v) is 6.39. The number of benzene rings is 1. The summed E-state index contributed by atoms with van der Waals surface area (Å²) in [5.41, 5.74) is 2.74. The Morgan fingerprint density at radius 3 is 2.76 bits per heavy atom. The first-order chi connectivity index (χ1) is 10.3. The van der Waals surface area contributed by atoms with Gasteiger partial charge in [0.1, 0.15) is 0 Å². The van der Waals surface area contributed by atoms with Gasteiger partial charge in [-0.1, -0.05) is 6.07 Å². The SMILES string of the molecule is OC(c1ccc2nccnc2c1)C1CCOC2(CCC2)C1. The van der Waals surface area contributed by atoms with Crippen molar-refractivity contribution in [2.75, 3.05) is 6.61 Å². The van der Waals surface area contributed by atoms with Crippen LogP contribution in [0, 0.1) is 5.92 Å². The Hall–Kier alpha value is -1.52. The molecule has 2 aliphatic rings. The molecule has 21 heavy (non-hydrogen) atoms. The third kappa shape index (κ3) is 2.32. The van der Waals surface area contributed by atoms with Gasteiger partial charge >= 0.3 is 0 Å². The maximum atomic E-state index is 10.8. The van der Waals surface area contributed by atoms with E-state index in [1.54, 1.807) is 12.4 Å². The fraction of sp³-hybridized carbons (Fsp3) is 0.529. The second kappa shape index (κ2) is 5.04. The van der Waals surface area contributed by atoms with Gasteiger partial charge < -0.3 is 9.84 Å². The summed E-state index contributed by atoms with van der Waals surface area (Å²) in [6, 6.07) is 5.89. The smallest absolute Gasteiger partial charge is 0.0890 e. The number of aliphatic hydroxyl groups is 1. The van der Waals surface area contributed by atoms with E-state index in [0.717, 1.165) is 48.9 Å². The number of fused-ring (bicyclic) bond motifs is 1. The Labute approximate surface area is 124 Å². The van der Waals surface area contributed by atoms with Crippen molar-refractivity contribution >= 4 is 11.0 Å². The zero-order valence-electron chi connectivity index (χ0n) is 12.0. The Balaban J connectivity index is 1.58. The van der Waals surface area contributed by atoms with Crippen LogP contribution in [0.25, 0.3) is 11.0 Å². The molecule has 1 saturated carbocycles. The number of hydrogen-bond donors (Lipinski definition) is 1. The largest absolute Gasteiger partial charge is 0.388 e. The first-order valence-electron chi connectivity index (χ1n) is 7.79. The molecule has 2 aromatic rings. The number of rotatable bonds is 2. The molecule has 1 spiro atoms. The molecule has 2 unspecified atom stereocenters. The molecule has 2 atom stereocenters. The van der Waals surface area contributed by atoms with Crippen LogP contribution in [0.2, 0.25) is 0 Å². The number of hydrogen-bond acceptors (Lipinski definition) is 4. The standard InChI is InChI=1S/C17H20N2O2/c20-16(13-4-9-21-17(11-13)5-1-6-17)12-2-3-14-15(10-12)19-8-7-18-14/h2-3,7-8,10,13,16,20H,1,4-6,9,11H2. The molecule has 1 N–H and O–H groups in total. The van der Waals surface area contributed by atoms with Crippen LogP contribution >= 0.6 is 0 Å². The van der Waals surface area contributed by atoms with Gasteiger partial charge in [-0.15, -0.1) is 0 Å². The van der Waals surface area contributed by atoms with Gasteiger partial charge in [0.25, 0.3) is 0 Å². The van der Waals surface area contributed by atoms with Gasteiger partial charge in [0.15, 0.2) is 0 Å². The van der Waals surface area contributed by atoms with E-state index in [9.17, 15) is 5.11 Å². The van der Waals surface area contributed by atoms with Crippen LogP contribution in [0.3, 0.4) is 0 Å². The van der Waals surface area contributed by atoms with Gasteiger partial charge in [-0.05, 0) is 55.7 Å². The van der Waals surface area contributed by atoms with Crippen molar-refractivity contribution in [3.05, 3.63) is 36.2 Å². The van der Waals surface area contributed by atoms with Gasteiger partial charge in [0.05, 0.1) is 22.7 Å². The average molecular weight is 284 g/mol. The lowest BCUT2D eigenvalue weighted by Crippen LogP contribution is -2.46. The topological polar surface area (TPSA) is 55.2 Å². The highest BCUT2D eigenvalue weighted by Gasteiger charge is 2.44. The third-order valence-corrected chi connectivity index (χ3v) is 5.08. The maximum absolute atomic E-state index is 10.8.